The molecule has 0 bridgehead atoms. The van der Waals surface area contributed by atoms with Crippen molar-refractivity contribution in [1.29, 1.82) is 0 Å². The monoisotopic (exact) mass is 422 g/mol. The number of aromatic nitrogens is 2. The third kappa shape index (κ3) is 4.57. The summed E-state index contributed by atoms with van der Waals surface area (Å²) < 4.78 is 40.0. The van der Waals surface area contributed by atoms with Gasteiger partial charge in [-0.15, -0.1) is 0 Å². The summed E-state index contributed by atoms with van der Waals surface area (Å²) in [6.45, 7) is 1.61. The summed E-state index contributed by atoms with van der Waals surface area (Å²) in [6.07, 6.45) is -3.25. The van der Waals surface area contributed by atoms with Gasteiger partial charge in [-0.05, 0) is 43.3 Å². The molecule has 6 nitrogen and oxygen atoms in total. The van der Waals surface area contributed by atoms with E-state index in [0.717, 1.165) is 16.8 Å². The van der Waals surface area contributed by atoms with Gasteiger partial charge >= 0.3 is 6.18 Å². The molecular formula is C19H14ClF3N4O2. The summed E-state index contributed by atoms with van der Waals surface area (Å²) in [5, 5.41) is 17.4. The number of phenols is 1. The van der Waals surface area contributed by atoms with Crippen molar-refractivity contribution in [3.05, 3.63) is 76.1 Å². The van der Waals surface area contributed by atoms with Crippen LogP contribution in [0.2, 0.25) is 5.15 Å². The van der Waals surface area contributed by atoms with Crippen molar-refractivity contribution in [2.24, 2.45) is 5.10 Å². The fourth-order valence-electron chi connectivity index (χ4n) is 2.51. The molecule has 0 aliphatic rings. The highest BCUT2D eigenvalue weighted by atomic mass is 35.5. The second-order valence-corrected chi connectivity index (χ2v) is 6.36. The van der Waals surface area contributed by atoms with Crippen molar-refractivity contribution in [2.45, 2.75) is 13.1 Å². The standard InChI is InChI=1S/C19H14ClF3N4O2/c1-11-16(10-24-25-18(29)12-4-2-7-15(28)8-12)17(20)27(26-11)14-6-3-5-13(9-14)19(21,22)23/h2-10,28H,1H3,(H,25,29). The van der Waals surface area contributed by atoms with E-state index in [1.165, 1.54) is 42.6 Å². The van der Waals surface area contributed by atoms with Crippen LogP contribution < -0.4 is 5.43 Å². The second kappa shape index (κ2) is 7.96. The van der Waals surface area contributed by atoms with Gasteiger partial charge < -0.3 is 5.11 Å². The minimum Gasteiger partial charge on any atom is -0.508 e. The molecule has 0 saturated carbocycles. The molecule has 2 aromatic carbocycles. The van der Waals surface area contributed by atoms with Crippen LogP contribution in [0.5, 0.6) is 5.75 Å². The molecule has 150 valence electrons. The number of halogens is 4. The van der Waals surface area contributed by atoms with Crippen LogP contribution in [0, 0.1) is 6.92 Å². The van der Waals surface area contributed by atoms with Gasteiger partial charge in [-0.1, -0.05) is 23.7 Å². The van der Waals surface area contributed by atoms with Gasteiger partial charge in [0.2, 0.25) is 0 Å². The first kappa shape index (κ1) is 20.4. The maximum absolute atomic E-state index is 12.9. The smallest absolute Gasteiger partial charge is 0.416 e. The van der Waals surface area contributed by atoms with E-state index in [1.54, 1.807) is 6.92 Å². The van der Waals surface area contributed by atoms with E-state index in [1.807, 2.05) is 0 Å². The zero-order valence-corrected chi connectivity index (χ0v) is 15.7. The number of nitrogens with one attached hydrogen (secondary N) is 1. The van der Waals surface area contributed by atoms with E-state index in [9.17, 15) is 23.1 Å². The molecule has 1 heterocycles. The number of carbonyl (C=O) groups excluding carboxylic acids is 1. The van der Waals surface area contributed by atoms with Crippen LogP contribution in [0.3, 0.4) is 0 Å². The van der Waals surface area contributed by atoms with Crippen molar-refractivity contribution in [2.75, 3.05) is 0 Å². The Morgan fingerprint density at radius 1 is 1.24 bits per heavy atom. The lowest BCUT2D eigenvalue weighted by molar-refractivity contribution is -0.137. The van der Waals surface area contributed by atoms with Gasteiger partial charge in [0.1, 0.15) is 10.9 Å². The Morgan fingerprint density at radius 2 is 1.97 bits per heavy atom. The molecule has 0 unspecified atom stereocenters. The van der Waals surface area contributed by atoms with Gasteiger partial charge in [-0.2, -0.15) is 23.4 Å². The molecule has 10 heteroatoms. The maximum atomic E-state index is 12.9. The quantitative estimate of drug-likeness (QED) is 0.485. The number of hydrogen-bond donors (Lipinski definition) is 2. The highest BCUT2D eigenvalue weighted by Gasteiger charge is 2.30. The fourth-order valence-corrected chi connectivity index (χ4v) is 2.83. The number of hydrogen-bond acceptors (Lipinski definition) is 4. The summed E-state index contributed by atoms with van der Waals surface area (Å²) >= 11 is 6.27. The second-order valence-electron chi connectivity index (χ2n) is 6.00. The van der Waals surface area contributed by atoms with E-state index in [4.69, 9.17) is 11.6 Å². The summed E-state index contributed by atoms with van der Waals surface area (Å²) in [7, 11) is 0. The molecule has 0 spiro atoms. The Hall–Kier alpha value is -3.33. The summed E-state index contributed by atoms with van der Waals surface area (Å²) in [4.78, 5) is 12.0. The predicted octanol–water partition coefficient (Wildman–Crippen LogP) is 4.32. The SMILES string of the molecule is Cc1nn(-c2cccc(C(F)(F)F)c2)c(Cl)c1C=NNC(=O)c1cccc(O)c1. The number of aromatic hydroxyl groups is 1. The van der Waals surface area contributed by atoms with Crippen LogP contribution >= 0.6 is 11.6 Å². The Kier molecular flexibility index (Phi) is 5.60. The van der Waals surface area contributed by atoms with Gasteiger partial charge in [-0.25, -0.2) is 10.1 Å². The highest BCUT2D eigenvalue weighted by molar-refractivity contribution is 6.32. The van der Waals surface area contributed by atoms with Crippen LogP contribution in [0.1, 0.15) is 27.2 Å². The third-order valence-corrected chi connectivity index (χ3v) is 4.30. The van der Waals surface area contributed by atoms with Crippen molar-refractivity contribution in [1.82, 2.24) is 15.2 Å². The van der Waals surface area contributed by atoms with Crippen molar-refractivity contribution in [3.63, 3.8) is 0 Å². The van der Waals surface area contributed by atoms with E-state index in [2.05, 4.69) is 15.6 Å². The highest BCUT2D eigenvalue weighted by Crippen LogP contribution is 2.31. The first-order valence-electron chi connectivity index (χ1n) is 8.22. The first-order chi connectivity index (χ1) is 13.7. The van der Waals surface area contributed by atoms with Gasteiger partial charge in [0.15, 0.2) is 0 Å². The van der Waals surface area contributed by atoms with Gasteiger partial charge in [0.05, 0.1) is 28.7 Å². The first-order valence-corrected chi connectivity index (χ1v) is 8.60. The van der Waals surface area contributed by atoms with Crippen LogP contribution in [-0.4, -0.2) is 27.0 Å². The van der Waals surface area contributed by atoms with Crippen LogP contribution in [0.15, 0.2) is 53.6 Å². The summed E-state index contributed by atoms with van der Waals surface area (Å²) in [6, 6.07) is 10.3. The lowest BCUT2D eigenvalue weighted by atomic mass is 10.2. The van der Waals surface area contributed by atoms with Crippen molar-refractivity contribution in [3.8, 4) is 11.4 Å². The topological polar surface area (TPSA) is 79.5 Å². The number of amides is 1. The Morgan fingerprint density at radius 3 is 2.66 bits per heavy atom. The van der Waals surface area contributed by atoms with E-state index in [-0.39, 0.29) is 22.2 Å². The molecule has 0 fully saturated rings. The lowest BCUT2D eigenvalue weighted by Crippen LogP contribution is -2.17. The lowest BCUT2D eigenvalue weighted by Gasteiger charge is -2.09. The van der Waals surface area contributed by atoms with Gasteiger partial charge in [0, 0.05) is 5.56 Å². The van der Waals surface area contributed by atoms with Gasteiger partial charge in [0.25, 0.3) is 5.91 Å². The Bertz CT molecular complexity index is 1090. The van der Waals surface area contributed by atoms with Crippen molar-refractivity contribution < 1.29 is 23.1 Å². The molecule has 1 aromatic heterocycles. The zero-order valence-electron chi connectivity index (χ0n) is 14.9. The van der Waals surface area contributed by atoms with Gasteiger partial charge in [-0.3, -0.25) is 4.79 Å². The number of alkyl halides is 3. The Balaban J connectivity index is 1.83. The number of nitrogens with zero attached hydrogens (tertiary/aromatic N) is 3. The largest absolute Gasteiger partial charge is 0.508 e. The summed E-state index contributed by atoms with van der Waals surface area (Å²) in [5.74, 6) is -0.626. The normalized spacial score (nSPS) is 11.8. The maximum Gasteiger partial charge on any atom is 0.416 e. The molecule has 2 N–H and O–H groups in total. The number of carbonyl (C=O) groups is 1. The van der Waals surface area contributed by atoms with E-state index >= 15 is 0 Å². The molecule has 0 aliphatic carbocycles. The minimum absolute atomic E-state index is 0.0391. The fraction of sp³-hybridized carbons (Fsp3) is 0.105. The minimum atomic E-state index is -4.49. The molecule has 0 aliphatic heterocycles. The van der Waals surface area contributed by atoms with Crippen LogP contribution in [0.25, 0.3) is 5.69 Å². The average molecular weight is 423 g/mol. The molecule has 0 radical (unpaired) electrons. The molecule has 1 amide bonds. The van der Waals surface area contributed by atoms with E-state index in [0.29, 0.717) is 11.3 Å². The molecular weight excluding hydrogens is 409 g/mol. The zero-order chi connectivity index (χ0) is 21.2. The Labute approximate surface area is 168 Å². The predicted molar refractivity (Wildman–Crippen MR) is 101 cm³/mol. The average Bonchev–Trinajstić information content (AvgIpc) is 2.95. The molecule has 29 heavy (non-hydrogen) atoms. The summed E-state index contributed by atoms with van der Waals surface area (Å²) in [5.41, 5.74) is 2.53. The van der Waals surface area contributed by atoms with Crippen LogP contribution in [0.4, 0.5) is 13.2 Å². The van der Waals surface area contributed by atoms with E-state index < -0.39 is 17.6 Å². The number of benzene rings is 2. The molecule has 3 rings (SSSR count). The van der Waals surface area contributed by atoms with Crippen molar-refractivity contribution >= 4 is 23.7 Å². The third-order valence-electron chi connectivity index (χ3n) is 3.93. The molecule has 0 saturated heterocycles. The molecule has 0 atom stereocenters. The number of aryl methyl sites for hydroxylation is 1. The number of hydrazone groups is 1. The number of phenolic OH excluding ortho intramolecular Hbond substituents is 1. The van der Waals surface area contributed by atoms with Crippen LogP contribution in [-0.2, 0) is 6.18 Å². The molecule has 3 aromatic rings. The number of rotatable bonds is 4.